The number of benzene rings is 1. The lowest BCUT2D eigenvalue weighted by atomic mass is 10.1. The summed E-state index contributed by atoms with van der Waals surface area (Å²) >= 11 is 13.4. The Morgan fingerprint density at radius 2 is 1.96 bits per heavy atom. The average molecular weight is 518 g/mol. The van der Waals surface area contributed by atoms with Gasteiger partial charge in [-0.15, -0.1) is 11.3 Å². The Hall–Kier alpha value is -0.450. The summed E-state index contributed by atoms with van der Waals surface area (Å²) < 4.78 is 33.5. The number of rotatable bonds is 6. The summed E-state index contributed by atoms with van der Waals surface area (Å²) in [6, 6.07) is 7.23. The molecule has 0 spiro atoms. The number of ether oxygens (including phenoxy) is 1. The molecule has 1 aromatic carbocycles. The molecule has 1 aromatic heterocycles. The molecule has 0 saturated carbocycles. The number of sulfonamides is 1. The van der Waals surface area contributed by atoms with Gasteiger partial charge in [-0.3, -0.25) is 4.79 Å². The van der Waals surface area contributed by atoms with Crippen LogP contribution in [0.2, 0.25) is 5.02 Å². The molecule has 24 heavy (non-hydrogen) atoms. The van der Waals surface area contributed by atoms with Gasteiger partial charge in [0.1, 0.15) is 10.3 Å². The van der Waals surface area contributed by atoms with Crippen molar-refractivity contribution < 1.29 is 17.9 Å². The van der Waals surface area contributed by atoms with Gasteiger partial charge in [0.15, 0.2) is 0 Å². The number of carbonyl (C=O) groups is 1. The second kappa shape index (κ2) is 8.29. The third-order valence-corrected chi connectivity index (χ3v) is 8.48. The van der Waals surface area contributed by atoms with E-state index >= 15 is 0 Å². The predicted molar refractivity (Wildman–Crippen MR) is 101 cm³/mol. The van der Waals surface area contributed by atoms with Crippen molar-refractivity contribution in [1.29, 1.82) is 0 Å². The molecule has 10 heteroatoms. The van der Waals surface area contributed by atoms with E-state index in [2.05, 4.69) is 36.6 Å². The largest absolute Gasteiger partial charge is 0.468 e. The highest BCUT2D eigenvalue weighted by Gasteiger charge is 2.28. The number of methoxy groups -OCH3 is 1. The number of halogens is 3. The Morgan fingerprint density at radius 3 is 2.46 bits per heavy atom. The highest BCUT2D eigenvalue weighted by atomic mass is 79.9. The van der Waals surface area contributed by atoms with Crippen LogP contribution in [0, 0.1) is 0 Å². The Labute approximate surface area is 165 Å². The minimum absolute atomic E-state index is 0.0891. The van der Waals surface area contributed by atoms with Crippen LogP contribution in [0.15, 0.2) is 42.8 Å². The van der Waals surface area contributed by atoms with Crippen molar-refractivity contribution in [2.45, 2.75) is 16.7 Å². The number of thiophene rings is 1. The zero-order valence-electron chi connectivity index (χ0n) is 12.3. The van der Waals surface area contributed by atoms with Crippen LogP contribution >= 0.6 is 54.8 Å². The molecule has 0 amide bonds. The van der Waals surface area contributed by atoms with E-state index in [0.717, 1.165) is 16.9 Å². The van der Waals surface area contributed by atoms with Crippen LogP contribution in [0.25, 0.3) is 0 Å². The average Bonchev–Trinajstić information content (AvgIpc) is 2.88. The summed E-state index contributed by atoms with van der Waals surface area (Å²) in [5.74, 6) is -0.664. The summed E-state index contributed by atoms with van der Waals surface area (Å²) in [5, 5.41) is 0.558. The number of nitrogens with one attached hydrogen (secondary N) is 1. The van der Waals surface area contributed by atoms with E-state index in [1.165, 1.54) is 13.2 Å². The van der Waals surface area contributed by atoms with Crippen LogP contribution in [0.4, 0.5) is 0 Å². The zero-order valence-corrected chi connectivity index (χ0v) is 17.8. The molecular weight excluding hydrogens is 506 g/mol. The first-order valence-corrected chi connectivity index (χ1v) is 10.8. The lowest BCUT2D eigenvalue weighted by Gasteiger charge is -2.16. The number of esters is 1. The van der Waals surface area contributed by atoms with Gasteiger partial charge in [-0.25, -0.2) is 8.42 Å². The topological polar surface area (TPSA) is 72.5 Å². The van der Waals surface area contributed by atoms with Gasteiger partial charge in [0.05, 0.1) is 10.9 Å². The van der Waals surface area contributed by atoms with Gasteiger partial charge in [-0.05, 0) is 62.0 Å². The van der Waals surface area contributed by atoms with Gasteiger partial charge in [0.2, 0.25) is 0 Å². The summed E-state index contributed by atoms with van der Waals surface area (Å²) in [4.78, 5) is 12.0. The van der Waals surface area contributed by atoms with Crippen molar-refractivity contribution in [3.63, 3.8) is 0 Å². The van der Waals surface area contributed by atoms with Gasteiger partial charge < -0.3 is 4.74 Å². The summed E-state index contributed by atoms with van der Waals surface area (Å²) in [6.45, 7) is 0. The Morgan fingerprint density at radius 1 is 1.33 bits per heavy atom. The van der Waals surface area contributed by atoms with Gasteiger partial charge >= 0.3 is 5.97 Å². The van der Waals surface area contributed by atoms with Crippen LogP contribution in [0.5, 0.6) is 0 Å². The van der Waals surface area contributed by atoms with E-state index < -0.39 is 22.0 Å². The van der Waals surface area contributed by atoms with Gasteiger partial charge in [0, 0.05) is 9.50 Å². The van der Waals surface area contributed by atoms with E-state index in [-0.39, 0.29) is 10.6 Å². The molecular formula is C14H12Br2ClNO4S2. The lowest BCUT2D eigenvalue weighted by Crippen LogP contribution is -2.42. The van der Waals surface area contributed by atoms with Gasteiger partial charge in [0.25, 0.3) is 10.0 Å². The van der Waals surface area contributed by atoms with Crippen LogP contribution in [0.1, 0.15) is 5.56 Å². The summed E-state index contributed by atoms with van der Waals surface area (Å²) in [7, 11) is -2.65. The quantitative estimate of drug-likeness (QED) is 0.589. The molecule has 0 bridgehead atoms. The Balaban J connectivity index is 2.25. The fourth-order valence-electron chi connectivity index (χ4n) is 1.88. The number of hydrogen-bond acceptors (Lipinski definition) is 5. The molecule has 0 radical (unpaired) electrons. The van der Waals surface area contributed by atoms with Crippen LogP contribution in [0.3, 0.4) is 0 Å². The lowest BCUT2D eigenvalue weighted by molar-refractivity contribution is -0.142. The standard InChI is InChI=1S/C14H12Br2ClNO4S2/c1-22-14(19)11(6-8-2-4-9(17)5-3-8)18-24(20,21)12-7-10(15)13(16)23-12/h2-5,7,11,18H,6H2,1H3. The number of hydrogen-bond donors (Lipinski definition) is 1. The predicted octanol–water partition coefficient (Wildman–Crippen LogP) is 3.99. The molecule has 0 aliphatic rings. The Kier molecular flexibility index (Phi) is 6.86. The first-order valence-electron chi connectivity index (χ1n) is 6.52. The third-order valence-electron chi connectivity index (χ3n) is 3.02. The zero-order chi connectivity index (χ0) is 17.9. The fraction of sp³-hybridized carbons (Fsp3) is 0.214. The van der Waals surface area contributed by atoms with E-state index in [4.69, 9.17) is 16.3 Å². The molecule has 2 aromatic rings. The minimum atomic E-state index is -3.86. The van der Waals surface area contributed by atoms with E-state index in [0.29, 0.717) is 13.3 Å². The monoisotopic (exact) mass is 515 g/mol. The maximum absolute atomic E-state index is 12.5. The fourth-order valence-corrected chi connectivity index (χ4v) is 6.02. The highest BCUT2D eigenvalue weighted by Crippen LogP contribution is 2.34. The molecule has 130 valence electrons. The molecule has 0 aliphatic carbocycles. The second-order valence-electron chi connectivity index (χ2n) is 4.71. The van der Waals surface area contributed by atoms with Crippen LogP contribution in [-0.2, 0) is 26.0 Å². The molecule has 2 rings (SSSR count). The van der Waals surface area contributed by atoms with Crippen molar-refractivity contribution in [2.24, 2.45) is 0 Å². The maximum atomic E-state index is 12.5. The van der Waals surface area contributed by atoms with Crippen LogP contribution in [-0.4, -0.2) is 27.5 Å². The molecule has 1 atom stereocenters. The smallest absolute Gasteiger partial charge is 0.324 e. The van der Waals surface area contributed by atoms with E-state index in [1.54, 1.807) is 24.3 Å². The second-order valence-corrected chi connectivity index (χ2v) is 10.3. The van der Waals surface area contributed by atoms with Crippen molar-refractivity contribution in [2.75, 3.05) is 7.11 Å². The highest BCUT2D eigenvalue weighted by molar-refractivity contribution is 9.13. The SMILES string of the molecule is COC(=O)C(Cc1ccc(Cl)cc1)NS(=O)(=O)c1cc(Br)c(Br)s1. The van der Waals surface area contributed by atoms with Crippen molar-refractivity contribution >= 4 is 70.8 Å². The molecule has 0 saturated heterocycles. The van der Waals surface area contributed by atoms with Crippen molar-refractivity contribution in [1.82, 2.24) is 4.72 Å². The molecule has 0 fully saturated rings. The van der Waals surface area contributed by atoms with Gasteiger partial charge in [-0.1, -0.05) is 23.7 Å². The first-order chi connectivity index (χ1) is 11.2. The molecule has 1 heterocycles. The molecule has 5 nitrogen and oxygen atoms in total. The molecule has 0 aliphatic heterocycles. The molecule has 1 unspecified atom stereocenters. The van der Waals surface area contributed by atoms with Gasteiger partial charge in [-0.2, -0.15) is 4.72 Å². The van der Waals surface area contributed by atoms with E-state index in [9.17, 15) is 13.2 Å². The minimum Gasteiger partial charge on any atom is -0.468 e. The Bertz CT molecular complexity index is 817. The molecule has 1 N–H and O–H groups in total. The normalized spacial score (nSPS) is 12.8. The van der Waals surface area contributed by atoms with E-state index in [1.807, 2.05) is 0 Å². The maximum Gasteiger partial charge on any atom is 0.324 e. The van der Waals surface area contributed by atoms with Crippen LogP contribution < -0.4 is 4.72 Å². The first kappa shape index (κ1) is 19.9. The van der Waals surface area contributed by atoms with Crippen molar-refractivity contribution in [3.05, 3.63) is 49.2 Å². The third kappa shape index (κ3) is 5.03. The number of carbonyl (C=O) groups excluding carboxylic acids is 1. The summed E-state index contributed by atoms with van der Waals surface area (Å²) in [6.07, 6.45) is 0.150. The summed E-state index contributed by atoms with van der Waals surface area (Å²) in [5.41, 5.74) is 0.756. The van der Waals surface area contributed by atoms with Crippen molar-refractivity contribution in [3.8, 4) is 0 Å².